The molecule has 21 heavy (non-hydrogen) atoms. The normalized spacial score (nSPS) is 13.6. The fraction of sp³-hybridized carbons (Fsp3) is 0.188. The van der Waals surface area contributed by atoms with Gasteiger partial charge >= 0.3 is 0 Å². The third-order valence-electron chi connectivity index (χ3n) is 3.53. The van der Waals surface area contributed by atoms with Crippen LogP contribution in [-0.4, -0.2) is 12.5 Å². The summed E-state index contributed by atoms with van der Waals surface area (Å²) in [6.07, 6.45) is 0.997. The van der Waals surface area contributed by atoms with Crippen molar-refractivity contribution in [1.82, 2.24) is 5.32 Å². The molecular weight excluding hydrogens is 291 g/mol. The van der Waals surface area contributed by atoms with Gasteiger partial charge in [0.05, 0.1) is 5.02 Å². The number of rotatable bonds is 2. The van der Waals surface area contributed by atoms with Crippen LogP contribution >= 0.6 is 11.6 Å². The molecule has 2 aromatic rings. The Balaban J connectivity index is 1.79. The Labute approximate surface area is 127 Å². The van der Waals surface area contributed by atoms with Crippen LogP contribution in [0.5, 0.6) is 0 Å². The summed E-state index contributed by atoms with van der Waals surface area (Å²) in [5.74, 6) is -0.839. The van der Waals surface area contributed by atoms with E-state index in [1.165, 1.54) is 29.3 Å². The van der Waals surface area contributed by atoms with Gasteiger partial charge in [0.2, 0.25) is 0 Å². The van der Waals surface area contributed by atoms with Crippen LogP contribution in [0.3, 0.4) is 0 Å². The highest BCUT2D eigenvalue weighted by molar-refractivity contribution is 6.31. The molecule has 1 amide bonds. The van der Waals surface area contributed by atoms with Crippen molar-refractivity contribution in [3.8, 4) is 0 Å². The van der Waals surface area contributed by atoms with Gasteiger partial charge in [0.1, 0.15) is 5.82 Å². The maximum atomic E-state index is 13.1. The van der Waals surface area contributed by atoms with Crippen LogP contribution in [0.25, 0.3) is 0 Å². The molecule has 0 atom stereocenters. The van der Waals surface area contributed by atoms with Crippen LogP contribution in [0.2, 0.25) is 5.02 Å². The second-order valence-corrected chi connectivity index (χ2v) is 5.40. The van der Waals surface area contributed by atoms with Crippen molar-refractivity contribution in [3.05, 3.63) is 63.9 Å². The van der Waals surface area contributed by atoms with Crippen molar-refractivity contribution in [1.29, 1.82) is 0 Å². The van der Waals surface area contributed by atoms with Crippen molar-refractivity contribution >= 4 is 23.2 Å². The molecule has 0 radical (unpaired) electrons. The molecule has 0 aliphatic carbocycles. The minimum atomic E-state index is -0.534. The molecule has 2 aromatic carbocycles. The van der Waals surface area contributed by atoms with E-state index in [9.17, 15) is 9.18 Å². The fourth-order valence-corrected chi connectivity index (χ4v) is 2.58. The van der Waals surface area contributed by atoms with Gasteiger partial charge in [-0.05, 0) is 54.4 Å². The Morgan fingerprint density at radius 1 is 1.19 bits per heavy atom. The first kappa shape index (κ1) is 14.0. The first-order valence-electron chi connectivity index (χ1n) is 6.72. The third kappa shape index (κ3) is 3.06. The standard InChI is InChI=1S/C16H14ClFN2O/c17-14-8-11(2-4-15(14)18)16(21)20-13-3-1-10-5-6-19-9-12(10)7-13/h1-4,7-8,19H,5-6,9H2,(H,20,21). The predicted molar refractivity (Wildman–Crippen MR) is 81.2 cm³/mol. The zero-order valence-corrected chi connectivity index (χ0v) is 12.0. The highest BCUT2D eigenvalue weighted by Crippen LogP contribution is 2.21. The number of carbonyl (C=O) groups excluding carboxylic acids is 1. The van der Waals surface area contributed by atoms with Gasteiger partial charge in [-0.25, -0.2) is 4.39 Å². The summed E-state index contributed by atoms with van der Waals surface area (Å²) in [7, 11) is 0. The third-order valence-corrected chi connectivity index (χ3v) is 3.82. The number of nitrogens with one attached hydrogen (secondary N) is 2. The van der Waals surface area contributed by atoms with Crippen molar-refractivity contribution in [2.75, 3.05) is 11.9 Å². The first-order chi connectivity index (χ1) is 10.1. The fourth-order valence-electron chi connectivity index (χ4n) is 2.40. The molecular formula is C16H14ClFN2O. The molecule has 1 aliphatic heterocycles. The van der Waals surface area contributed by atoms with Gasteiger partial charge in [0.15, 0.2) is 0 Å². The minimum Gasteiger partial charge on any atom is -0.322 e. The smallest absolute Gasteiger partial charge is 0.255 e. The highest BCUT2D eigenvalue weighted by Gasteiger charge is 2.12. The largest absolute Gasteiger partial charge is 0.322 e. The highest BCUT2D eigenvalue weighted by atomic mass is 35.5. The number of fused-ring (bicyclic) bond motifs is 1. The quantitative estimate of drug-likeness (QED) is 0.893. The first-order valence-corrected chi connectivity index (χ1v) is 7.10. The Bertz CT molecular complexity index is 703. The zero-order valence-electron chi connectivity index (χ0n) is 11.2. The average Bonchev–Trinajstić information content (AvgIpc) is 2.50. The van der Waals surface area contributed by atoms with Crippen LogP contribution in [-0.2, 0) is 13.0 Å². The molecule has 5 heteroatoms. The Kier molecular flexibility index (Phi) is 3.90. The maximum absolute atomic E-state index is 13.1. The van der Waals surface area contributed by atoms with Crippen LogP contribution in [0.15, 0.2) is 36.4 Å². The number of amides is 1. The van der Waals surface area contributed by atoms with Crippen molar-refractivity contribution in [2.24, 2.45) is 0 Å². The number of carbonyl (C=O) groups is 1. The molecule has 108 valence electrons. The molecule has 0 spiro atoms. The van der Waals surface area contributed by atoms with E-state index in [2.05, 4.69) is 10.6 Å². The maximum Gasteiger partial charge on any atom is 0.255 e. The van der Waals surface area contributed by atoms with Gasteiger partial charge in [0, 0.05) is 17.8 Å². The van der Waals surface area contributed by atoms with Crippen molar-refractivity contribution in [3.63, 3.8) is 0 Å². The van der Waals surface area contributed by atoms with E-state index in [1.807, 2.05) is 18.2 Å². The van der Waals surface area contributed by atoms with Gasteiger partial charge in [-0.1, -0.05) is 17.7 Å². The Morgan fingerprint density at radius 2 is 2.05 bits per heavy atom. The summed E-state index contributed by atoms with van der Waals surface area (Å²) >= 11 is 5.69. The topological polar surface area (TPSA) is 41.1 Å². The van der Waals surface area contributed by atoms with Crippen LogP contribution in [0.4, 0.5) is 10.1 Å². The summed E-state index contributed by atoms with van der Waals surface area (Å²) in [6, 6.07) is 9.80. The lowest BCUT2D eigenvalue weighted by molar-refractivity contribution is 0.102. The van der Waals surface area contributed by atoms with E-state index in [4.69, 9.17) is 11.6 Å². The number of anilines is 1. The van der Waals surface area contributed by atoms with Gasteiger partial charge in [-0.15, -0.1) is 0 Å². The summed E-state index contributed by atoms with van der Waals surface area (Å²) in [5, 5.41) is 6.04. The number of benzene rings is 2. The second kappa shape index (κ2) is 5.84. The molecule has 0 aromatic heterocycles. The molecule has 0 fully saturated rings. The van der Waals surface area contributed by atoms with Crippen LogP contribution in [0.1, 0.15) is 21.5 Å². The number of hydrogen-bond donors (Lipinski definition) is 2. The van der Waals surface area contributed by atoms with Gasteiger partial charge in [-0.2, -0.15) is 0 Å². The van der Waals surface area contributed by atoms with E-state index in [-0.39, 0.29) is 10.9 Å². The molecule has 3 nitrogen and oxygen atoms in total. The molecule has 0 saturated heterocycles. The molecule has 1 heterocycles. The van der Waals surface area contributed by atoms with Gasteiger partial charge in [-0.3, -0.25) is 4.79 Å². The van der Waals surface area contributed by atoms with E-state index in [0.717, 1.165) is 25.2 Å². The van der Waals surface area contributed by atoms with E-state index >= 15 is 0 Å². The van der Waals surface area contributed by atoms with E-state index in [0.29, 0.717) is 5.56 Å². The van der Waals surface area contributed by atoms with Gasteiger partial charge in [0.25, 0.3) is 5.91 Å². The Hall–Kier alpha value is -1.91. The molecule has 2 N–H and O–H groups in total. The summed E-state index contributed by atoms with van der Waals surface area (Å²) in [6.45, 7) is 1.79. The molecule has 0 saturated carbocycles. The molecule has 1 aliphatic rings. The molecule has 0 unspecified atom stereocenters. The lowest BCUT2D eigenvalue weighted by Gasteiger charge is -2.18. The molecule has 3 rings (SSSR count). The molecule has 0 bridgehead atoms. The number of hydrogen-bond acceptors (Lipinski definition) is 2. The monoisotopic (exact) mass is 304 g/mol. The summed E-state index contributed by atoms with van der Waals surface area (Å²) in [4.78, 5) is 12.1. The minimum absolute atomic E-state index is 0.0581. The van der Waals surface area contributed by atoms with Crippen molar-refractivity contribution < 1.29 is 9.18 Å². The lowest BCUT2D eigenvalue weighted by atomic mass is 10.0. The summed E-state index contributed by atoms with van der Waals surface area (Å²) < 4.78 is 13.1. The zero-order chi connectivity index (χ0) is 14.8. The predicted octanol–water partition coefficient (Wildman–Crippen LogP) is 3.38. The summed E-state index contributed by atoms with van der Waals surface area (Å²) in [5.41, 5.74) is 3.55. The number of halogens is 2. The van der Waals surface area contributed by atoms with E-state index < -0.39 is 5.82 Å². The van der Waals surface area contributed by atoms with Crippen molar-refractivity contribution in [2.45, 2.75) is 13.0 Å². The Morgan fingerprint density at radius 3 is 2.86 bits per heavy atom. The van der Waals surface area contributed by atoms with Gasteiger partial charge < -0.3 is 10.6 Å². The SMILES string of the molecule is O=C(Nc1ccc2c(c1)CNCC2)c1ccc(F)c(Cl)c1. The second-order valence-electron chi connectivity index (χ2n) is 4.99. The van der Waals surface area contributed by atoms with Crippen LogP contribution in [0, 0.1) is 5.82 Å². The van der Waals surface area contributed by atoms with E-state index in [1.54, 1.807) is 0 Å². The average molecular weight is 305 g/mol. The lowest BCUT2D eigenvalue weighted by Crippen LogP contribution is -2.23. The van der Waals surface area contributed by atoms with Crippen LogP contribution < -0.4 is 10.6 Å².